The molecule has 0 spiro atoms. The van der Waals surface area contributed by atoms with E-state index in [2.05, 4.69) is 0 Å². The molecule has 6 nitrogen and oxygen atoms in total. The minimum absolute atomic E-state index is 0.0109. The summed E-state index contributed by atoms with van der Waals surface area (Å²) in [6.07, 6.45) is 2.00. The van der Waals surface area contributed by atoms with E-state index in [0.717, 1.165) is 17.7 Å². The molecule has 2 amide bonds. The van der Waals surface area contributed by atoms with Gasteiger partial charge in [-0.3, -0.25) is 14.4 Å². The zero-order valence-electron chi connectivity index (χ0n) is 13.3. The summed E-state index contributed by atoms with van der Waals surface area (Å²) in [6, 6.07) is 7.69. The van der Waals surface area contributed by atoms with E-state index in [9.17, 15) is 14.4 Å². The quantitative estimate of drug-likeness (QED) is 0.829. The Bertz CT molecular complexity index is 600. The van der Waals surface area contributed by atoms with Crippen LogP contribution in [0.2, 0.25) is 0 Å². The molecule has 0 bridgehead atoms. The van der Waals surface area contributed by atoms with Gasteiger partial charge in [0.1, 0.15) is 6.54 Å². The molecule has 0 radical (unpaired) electrons. The normalized spacial score (nSPS) is 13.6. The highest BCUT2D eigenvalue weighted by atomic mass is 16.4. The second-order valence-corrected chi connectivity index (χ2v) is 5.63. The predicted molar refractivity (Wildman–Crippen MR) is 86.2 cm³/mol. The number of benzene rings is 1. The van der Waals surface area contributed by atoms with Crippen LogP contribution in [0.5, 0.6) is 0 Å². The number of carboxylic acid groups (broad SMARTS) is 1. The Morgan fingerprint density at radius 1 is 1.26 bits per heavy atom. The molecule has 23 heavy (non-hydrogen) atoms. The number of aryl methyl sites for hydroxylation is 1. The second kappa shape index (κ2) is 7.76. The number of hydrogen-bond acceptors (Lipinski definition) is 3. The number of para-hydroxylation sites is 1. The fraction of sp³-hybridized carbons (Fsp3) is 0.471. The van der Waals surface area contributed by atoms with Crippen LogP contribution in [0.15, 0.2) is 24.3 Å². The van der Waals surface area contributed by atoms with E-state index in [-0.39, 0.29) is 31.3 Å². The lowest BCUT2D eigenvalue weighted by Crippen LogP contribution is -2.41. The van der Waals surface area contributed by atoms with Gasteiger partial charge in [0, 0.05) is 31.6 Å². The fourth-order valence-corrected chi connectivity index (χ4v) is 2.83. The fourth-order valence-electron chi connectivity index (χ4n) is 2.83. The molecule has 1 aromatic rings. The van der Waals surface area contributed by atoms with Gasteiger partial charge in [0.2, 0.25) is 11.8 Å². The number of rotatable bonds is 7. The van der Waals surface area contributed by atoms with Crippen molar-refractivity contribution in [2.24, 2.45) is 0 Å². The summed E-state index contributed by atoms with van der Waals surface area (Å²) in [7, 11) is 0. The maximum atomic E-state index is 12.3. The van der Waals surface area contributed by atoms with Crippen molar-refractivity contribution in [3.8, 4) is 0 Å². The first-order valence-corrected chi connectivity index (χ1v) is 7.90. The summed E-state index contributed by atoms with van der Waals surface area (Å²) in [5.74, 6) is -1.24. The van der Waals surface area contributed by atoms with Crippen molar-refractivity contribution < 1.29 is 19.5 Å². The predicted octanol–water partition coefficient (Wildman–Crippen LogP) is 1.68. The number of anilines is 1. The largest absolute Gasteiger partial charge is 0.480 e. The number of nitrogens with zero attached hydrogens (tertiary/aromatic N) is 2. The number of amides is 2. The van der Waals surface area contributed by atoms with Crippen LogP contribution in [0, 0.1) is 0 Å². The van der Waals surface area contributed by atoms with Gasteiger partial charge in [0.05, 0.1) is 0 Å². The Kier molecular flexibility index (Phi) is 5.73. The van der Waals surface area contributed by atoms with Crippen molar-refractivity contribution >= 4 is 23.5 Å². The Labute approximate surface area is 135 Å². The maximum Gasteiger partial charge on any atom is 0.323 e. The van der Waals surface area contributed by atoms with Gasteiger partial charge in [-0.05, 0) is 24.5 Å². The van der Waals surface area contributed by atoms with Gasteiger partial charge in [0.25, 0.3) is 0 Å². The summed E-state index contributed by atoms with van der Waals surface area (Å²) in [5, 5.41) is 8.89. The third-order valence-corrected chi connectivity index (χ3v) is 3.91. The van der Waals surface area contributed by atoms with Crippen molar-refractivity contribution in [2.75, 3.05) is 24.5 Å². The number of carbonyl (C=O) groups is 3. The lowest BCUT2D eigenvalue weighted by Gasteiger charge is -2.30. The maximum absolute atomic E-state index is 12.3. The van der Waals surface area contributed by atoms with E-state index in [1.807, 2.05) is 31.2 Å². The van der Waals surface area contributed by atoms with Crippen LogP contribution in [-0.4, -0.2) is 47.4 Å². The molecule has 0 unspecified atom stereocenters. The molecule has 2 rings (SSSR count). The lowest BCUT2D eigenvalue weighted by molar-refractivity contribution is -0.144. The van der Waals surface area contributed by atoms with Gasteiger partial charge in [-0.25, -0.2) is 0 Å². The molecule has 1 aliphatic heterocycles. The molecule has 1 heterocycles. The summed E-state index contributed by atoms with van der Waals surface area (Å²) in [5.41, 5.74) is 1.97. The first kappa shape index (κ1) is 17.0. The van der Waals surface area contributed by atoms with E-state index in [4.69, 9.17) is 5.11 Å². The zero-order chi connectivity index (χ0) is 16.8. The minimum Gasteiger partial charge on any atom is -0.480 e. The number of carbonyl (C=O) groups excluding carboxylic acids is 2. The van der Waals surface area contributed by atoms with Gasteiger partial charge in [0.15, 0.2) is 0 Å². The monoisotopic (exact) mass is 318 g/mol. The van der Waals surface area contributed by atoms with Gasteiger partial charge in [-0.1, -0.05) is 25.1 Å². The first-order valence-electron chi connectivity index (χ1n) is 7.90. The molecule has 1 N–H and O–H groups in total. The zero-order valence-corrected chi connectivity index (χ0v) is 13.3. The first-order chi connectivity index (χ1) is 11.0. The Balaban J connectivity index is 2.03. The SMILES string of the molecule is CCCN(CC(=O)O)C(=O)CCN1C(=O)CCc2ccccc21. The molecular weight excluding hydrogens is 296 g/mol. The number of aliphatic carboxylic acids is 1. The molecule has 1 aliphatic rings. The molecule has 6 heteroatoms. The van der Waals surface area contributed by atoms with Crippen molar-refractivity contribution in [3.63, 3.8) is 0 Å². The van der Waals surface area contributed by atoms with Crippen LogP contribution in [0.4, 0.5) is 5.69 Å². The number of carboxylic acids is 1. The van der Waals surface area contributed by atoms with Crippen LogP contribution >= 0.6 is 0 Å². The second-order valence-electron chi connectivity index (χ2n) is 5.63. The molecular formula is C17H22N2O4. The topological polar surface area (TPSA) is 77.9 Å². The molecule has 0 atom stereocenters. The Morgan fingerprint density at radius 2 is 2.00 bits per heavy atom. The summed E-state index contributed by atoms with van der Waals surface area (Å²) >= 11 is 0. The van der Waals surface area contributed by atoms with E-state index in [0.29, 0.717) is 19.4 Å². The standard InChI is InChI=1S/C17H22N2O4/c1-2-10-18(12-17(22)23)15(20)9-11-19-14-6-4-3-5-13(14)7-8-16(19)21/h3-6H,2,7-12H2,1H3,(H,22,23). The van der Waals surface area contributed by atoms with Crippen molar-refractivity contribution in [1.29, 1.82) is 0 Å². The van der Waals surface area contributed by atoms with E-state index in [1.165, 1.54) is 4.90 Å². The third-order valence-electron chi connectivity index (χ3n) is 3.91. The summed E-state index contributed by atoms with van der Waals surface area (Å²) in [4.78, 5) is 38.2. The van der Waals surface area contributed by atoms with Crippen molar-refractivity contribution in [2.45, 2.75) is 32.6 Å². The highest BCUT2D eigenvalue weighted by Crippen LogP contribution is 2.27. The molecule has 124 valence electrons. The van der Waals surface area contributed by atoms with Crippen LogP contribution in [0.3, 0.4) is 0 Å². The number of fused-ring (bicyclic) bond motifs is 1. The molecule has 0 aromatic heterocycles. The third kappa shape index (κ3) is 4.31. The van der Waals surface area contributed by atoms with E-state index in [1.54, 1.807) is 4.90 Å². The molecule has 0 fully saturated rings. The average molecular weight is 318 g/mol. The highest BCUT2D eigenvalue weighted by Gasteiger charge is 2.25. The van der Waals surface area contributed by atoms with Crippen LogP contribution < -0.4 is 4.90 Å². The van der Waals surface area contributed by atoms with Gasteiger partial charge in [-0.2, -0.15) is 0 Å². The van der Waals surface area contributed by atoms with Gasteiger partial charge in [-0.15, -0.1) is 0 Å². The summed E-state index contributed by atoms with van der Waals surface area (Å²) in [6.45, 7) is 2.30. The summed E-state index contributed by atoms with van der Waals surface area (Å²) < 4.78 is 0. The van der Waals surface area contributed by atoms with Gasteiger partial charge < -0.3 is 14.9 Å². The molecule has 0 saturated carbocycles. The van der Waals surface area contributed by atoms with Gasteiger partial charge >= 0.3 is 5.97 Å². The number of hydrogen-bond donors (Lipinski definition) is 1. The van der Waals surface area contributed by atoms with Crippen LogP contribution in [0.25, 0.3) is 0 Å². The Morgan fingerprint density at radius 3 is 2.70 bits per heavy atom. The Hall–Kier alpha value is -2.37. The van der Waals surface area contributed by atoms with E-state index >= 15 is 0 Å². The van der Waals surface area contributed by atoms with Crippen molar-refractivity contribution in [3.05, 3.63) is 29.8 Å². The highest BCUT2D eigenvalue weighted by molar-refractivity contribution is 5.97. The molecule has 0 saturated heterocycles. The smallest absolute Gasteiger partial charge is 0.323 e. The minimum atomic E-state index is -1.02. The van der Waals surface area contributed by atoms with Crippen LogP contribution in [0.1, 0.15) is 31.7 Å². The van der Waals surface area contributed by atoms with E-state index < -0.39 is 5.97 Å². The van der Waals surface area contributed by atoms with Crippen LogP contribution in [-0.2, 0) is 20.8 Å². The average Bonchev–Trinajstić information content (AvgIpc) is 2.53. The van der Waals surface area contributed by atoms with Crippen molar-refractivity contribution in [1.82, 2.24) is 4.90 Å². The lowest BCUT2D eigenvalue weighted by atomic mass is 10.0. The molecule has 0 aliphatic carbocycles. The molecule has 1 aromatic carbocycles.